The SMILES string of the molecule is CC(=O)N1CC[C@](C)(c2nccnc2C2CN(c3ccc4cc(Cl)ccc4n3)C2)C1. The molecule has 30 heavy (non-hydrogen) atoms. The molecule has 6 nitrogen and oxygen atoms in total. The van der Waals surface area contributed by atoms with Gasteiger partial charge in [0, 0.05) is 67.2 Å². The Bertz CT molecular complexity index is 1130. The second-order valence-electron chi connectivity index (χ2n) is 8.65. The molecule has 5 rings (SSSR count). The first-order valence-corrected chi connectivity index (χ1v) is 10.7. The third-order valence-electron chi connectivity index (χ3n) is 6.45. The van der Waals surface area contributed by atoms with Gasteiger partial charge in [0.2, 0.25) is 5.91 Å². The highest BCUT2D eigenvalue weighted by atomic mass is 35.5. The number of hydrogen-bond acceptors (Lipinski definition) is 5. The molecule has 2 aliphatic heterocycles. The summed E-state index contributed by atoms with van der Waals surface area (Å²) in [7, 11) is 0. The van der Waals surface area contributed by atoms with Crippen molar-refractivity contribution in [3.8, 4) is 0 Å². The van der Waals surface area contributed by atoms with Crippen molar-refractivity contribution in [1.82, 2.24) is 19.9 Å². The van der Waals surface area contributed by atoms with Crippen molar-refractivity contribution in [1.29, 1.82) is 0 Å². The monoisotopic (exact) mass is 421 g/mol. The second-order valence-corrected chi connectivity index (χ2v) is 9.09. The zero-order valence-electron chi connectivity index (χ0n) is 17.2. The van der Waals surface area contributed by atoms with Crippen LogP contribution in [0.5, 0.6) is 0 Å². The lowest BCUT2D eigenvalue weighted by molar-refractivity contribution is -0.127. The normalized spacial score (nSPS) is 21.8. The maximum absolute atomic E-state index is 11.8. The Labute approximate surface area is 180 Å². The lowest BCUT2D eigenvalue weighted by atomic mass is 9.80. The van der Waals surface area contributed by atoms with Crippen LogP contribution < -0.4 is 4.90 Å². The zero-order chi connectivity index (χ0) is 20.9. The van der Waals surface area contributed by atoms with E-state index in [1.807, 2.05) is 23.1 Å². The zero-order valence-corrected chi connectivity index (χ0v) is 17.9. The number of carbonyl (C=O) groups is 1. The molecule has 4 heterocycles. The number of halogens is 1. The number of anilines is 1. The van der Waals surface area contributed by atoms with E-state index in [4.69, 9.17) is 26.6 Å². The van der Waals surface area contributed by atoms with Gasteiger partial charge in [-0.25, -0.2) is 4.98 Å². The number of aromatic nitrogens is 3. The molecule has 0 N–H and O–H groups in total. The molecule has 0 spiro atoms. The van der Waals surface area contributed by atoms with Crippen LogP contribution in [-0.4, -0.2) is 51.9 Å². The van der Waals surface area contributed by atoms with E-state index in [0.717, 1.165) is 59.2 Å². The minimum Gasteiger partial charge on any atom is -0.355 e. The Morgan fingerprint density at radius 2 is 1.97 bits per heavy atom. The lowest BCUT2D eigenvalue weighted by Gasteiger charge is -2.41. The summed E-state index contributed by atoms with van der Waals surface area (Å²) in [5, 5.41) is 1.77. The van der Waals surface area contributed by atoms with E-state index in [1.165, 1.54) is 0 Å². The Kier molecular flexibility index (Phi) is 4.62. The van der Waals surface area contributed by atoms with Crippen molar-refractivity contribution in [3.63, 3.8) is 0 Å². The molecular formula is C23H24ClN5O. The van der Waals surface area contributed by atoms with Crippen LogP contribution in [0.15, 0.2) is 42.7 Å². The van der Waals surface area contributed by atoms with Gasteiger partial charge in [-0.15, -0.1) is 0 Å². The van der Waals surface area contributed by atoms with E-state index in [9.17, 15) is 4.79 Å². The van der Waals surface area contributed by atoms with Crippen molar-refractivity contribution in [2.45, 2.75) is 31.6 Å². The van der Waals surface area contributed by atoms with Gasteiger partial charge in [-0.1, -0.05) is 18.5 Å². The van der Waals surface area contributed by atoms with E-state index in [-0.39, 0.29) is 11.3 Å². The second kappa shape index (κ2) is 7.20. The topological polar surface area (TPSA) is 62.2 Å². The van der Waals surface area contributed by atoms with Gasteiger partial charge in [-0.2, -0.15) is 0 Å². The van der Waals surface area contributed by atoms with Crippen molar-refractivity contribution >= 4 is 34.2 Å². The number of amides is 1. The molecule has 2 aromatic heterocycles. The first-order chi connectivity index (χ1) is 14.4. The maximum atomic E-state index is 11.8. The highest BCUT2D eigenvalue weighted by Crippen LogP contribution is 2.39. The molecule has 0 unspecified atom stereocenters. The van der Waals surface area contributed by atoms with Crippen LogP contribution in [0.25, 0.3) is 10.9 Å². The van der Waals surface area contributed by atoms with E-state index in [0.29, 0.717) is 12.5 Å². The number of likely N-dealkylation sites (tertiary alicyclic amines) is 1. The molecule has 2 saturated heterocycles. The first kappa shape index (κ1) is 19.2. The summed E-state index contributed by atoms with van der Waals surface area (Å²) in [4.78, 5) is 30.3. The Morgan fingerprint density at radius 1 is 1.17 bits per heavy atom. The molecule has 154 valence electrons. The predicted octanol–water partition coefficient (Wildman–Crippen LogP) is 3.79. The third kappa shape index (κ3) is 3.29. The smallest absolute Gasteiger partial charge is 0.219 e. The van der Waals surface area contributed by atoms with Gasteiger partial charge < -0.3 is 9.80 Å². The number of nitrogens with zero attached hydrogens (tertiary/aromatic N) is 5. The molecule has 0 radical (unpaired) electrons. The van der Waals surface area contributed by atoms with Gasteiger partial charge in [-0.3, -0.25) is 14.8 Å². The highest BCUT2D eigenvalue weighted by molar-refractivity contribution is 6.31. The summed E-state index contributed by atoms with van der Waals surface area (Å²) in [6.45, 7) is 7.06. The van der Waals surface area contributed by atoms with Crippen LogP contribution in [-0.2, 0) is 10.2 Å². The average Bonchev–Trinajstić information content (AvgIpc) is 3.11. The van der Waals surface area contributed by atoms with Gasteiger partial charge in [0.1, 0.15) is 5.82 Å². The van der Waals surface area contributed by atoms with Gasteiger partial charge in [0.05, 0.1) is 16.9 Å². The van der Waals surface area contributed by atoms with Crippen molar-refractivity contribution in [3.05, 3.63) is 59.1 Å². The Hall–Kier alpha value is -2.73. The highest BCUT2D eigenvalue weighted by Gasteiger charge is 2.42. The number of fused-ring (bicyclic) bond motifs is 1. The quantitative estimate of drug-likeness (QED) is 0.643. The largest absolute Gasteiger partial charge is 0.355 e. The summed E-state index contributed by atoms with van der Waals surface area (Å²) in [5.41, 5.74) is 2.91. The van der Waals surface area contributed by atoms with E-state index >= 15 is 0 Å². The van der Waals surface area contributed by atoms with E-state index in [1.54, 1.807) is 19.3 Å². The Morgan fingerprint density at radius 3 is 2.73 bits per heavy atom. The van der Waals surface area contributed by atoms with Crippen LogP contribution >= 0.6 is 11.6 Å². The van der Waals surface area contributed by atoms with Crippen LogP contribution in [0.3, 0.4) is 0 Å². The van der Waals surface area contributed by atoms with Crippen molar-refractivity contribution in [2.75, 3.05) is 31.1 Å². The number of carbonyl (C=O) groups excluding carboxylic acids is 1. The predicted molar refractivity (Wildman–Crippen MR) is 118 cm³/mol. The molecule has 2 fully saturated rings. The molecule has 1 aromatic carbocycles. The number of benzene rings is 1. The summed E-state index contributed by atoms with van der Waals surface area (Å²) in [5.74, 6) is 1.42. The fraction of sp³-hybridized carbons (Fsp3) is 0.391. The summed E-state index contributed by atoms with van der Waals surface area (Å²) < 4.78 is 0. The standard InChI is InChI=1S/C23H24ClN5O/c1-15(30)28-10-7-23(2,14-28)22-21(25-8-9-26-22)17-12-29(13-17)20-6-3-16-11-18(24)4-5-19(16)27-20/h3-6,8-9,11,17H,7,10,12-14H2,1-2H3/t23-/m0/s1. The van der Waals surface area contributed by atoms with Crippen LogP contribution in [0, 0.1) is 0 Å². The molecular weight excluding hydrogens is 398 g/mol. The van der Waals surface area contributed by atoms with Crippen molar-refractivity contribution < 1.29 is 4.79 Å². The lowest BCUT2D eigenvalue weighted by Crippen LogP contribution is -2.47. The molecule has 1 amide bonds. The van der Waals surface area contributed by atoms with Crippen LogP contribution in [0.2, 0.25) is 5.02 Å². The average molecular weight is 422 g/mol. The maximum Gasteiger partial charge on any atom is 0.219 e. The molecule has 1 atom stereocenters. The summed E-state index contributed by atoms with van der Waals surface area (Å²) >= 11 is 6.08. The molecule has 0 saturated carbocycles. The summed E-state index contributed by atoms with van der Waals surface area (Å²) in [6, 6.07) is 9.89. The van der Waals surface area contributed by atoms with Crippen molar-refractivity contribution in [2.24, 2.45) is 0 Å². The first-order valence-electron chi connectivity index (χ1n) is 10.3. The molecule has 0 aliphatic carbocycles. The number of rotatable bonds is 3. The van der Waals surface area contributed by atoms with Crippen LogP contribution in [0.4, 0.5) is 5.82 Å². The minimum atomic E-state index is -0.143. The molecule has 3 aromatic rings. The van der Waals surface area contributed by atoms with Gasteiger partial charge in [-0.05, 0) is 36.8 Å². The van der Waals surface area contributed by atoms with E-state index < -0.39 is 0 Å². The minimum absolute atomic E-state index is 0.127. The number of hydrogen-bond donors (Lipinski definition) is 0. The third-order valence-corrected chi connectivity index (χ3v) is 6.68. The molecule has 7 heteroatoms. The van der Waals surface area contributed by atoms with Crippen LogP contribution in [0.1, 0.15) is 37.6 Å². The van der Waals surface area contributed by atoms with Gasteiger partial charge >= 0.3 is 0 Å². The molecule has 2 aliphatic rings. The fourth-order valence-electron chi connectivity index (χ4n) is 4.64. The van der Waals surface area contributed by atoms with Gasteiger partial charge in [0.15, 0.2) is 0 Å². The summed E-state index contributed by atoms with van der Waals surface area (Å²) in [6.07, 6.45) is 4.47. The Balaban J connectivity index is 1.36. The van der Waals surface area contributed by atoms with E-state index in [2.05, 4.69) is 24.0 Å². The fourth-order valence-corrected chi connectivity index (χ4v) is 4.82. The molecule has 0 bridgehead atoms. The van der Waals surface area contributed by atoms with Gasteiger partial charge in [0.25, 0.3) is 0 Å². The number of pyridine rings is 1.